The number of halogens is 1. The number of nitrogens with one attached hydrogen (secondary N) is 2. The van der Waals surface area contributed by atoms with Gasteiger partial charge in [-0.3, -0.25) is 4.79 Å². The Kier molecular flexibility index (Phi) is 6.60. The van der Waals surface area contributed by atoms with E-state index < -0.39 is 10.0 Å². The number of piperazine rings is 1. The second kappa shape index (κ2) is 8.48. The third-order valence-electron chi connectivity index (χ3n) is 3.83. The quantitative estimate of drug-likeness (QED) is 0.807. The summed E-state index contributed by atoms with van der Waals surface area (Å²) in [5.41, 5.74) is 0.488. The van der Waals surface area contributed by atoms with Crippen LogP contribution in [0.1, 0.15) is 16.1 Å². The maximum Gasteiger partial charge on any atom is 0.253 e. The number of rotatable bonds is 5. The van der Waals surface area contributed by atoms with Gasteiger partial charge in [0.1, 0.15) is 5.76 Å². The average Bonchev–Trinajstić information content (AvgIpc) is 3.14. The number of carbonyl (C=O) groups is 1. The first kappa shape index (κ1) is 19.5. The standard InChI is InChI=1S/C16H19N3O4S.ClH/c20-16(19-9-7-17-8-10-19)13-3-5-15(6-4-13)24(21,22)18-12-14-2-1-11-23-14;/h1-6,11,17-18H,7-10,12H2;1H. The van der Waals surface area contributed by atoms with E-state index in [9.17, 15) is 13.2 Å². The predicted octanol–water partition coefficient (Wildman–Crippen LogP) is 1.23. The lowest BCUT2D eigenvalue weighted by atomic mass is 10.2. The van der Waals surface area contributed by atoms with Gasteiger partial charge in [-0.1, -0.05) is 0 Å². The lowest BCUT2D eigenvalue weighted by Crippen LogP contribution is -2.46. The van der Waals surface area contributed by atoms with Gasteiger partial charge in [-0.05, 0) is 36.4 Å². The fraction of sp³-hybridized carbons (Fsp3) is 0.312. The molecule has 7 nitrogen and oxygen atoms in total. The van der Waals surface area contributed by atoms with Crippen LogP contribution in [-0.2, 0) is 16.6 Å². The molecule has 1 saturated heterocycles. The largest absolute Gasteiger partial charge is 0.468 e. The molecule has 2 N–H and O–H groups in total. The predicted molar refractivity (Wildman–Crippen MR) is 95.2 cm³/mol. The molecule has 1 aliphatic rings. The molecule has 0 bridgehead atoms. The first-order chi connectivity index (χ1) is 11.6. The minimum absolute atomic E-state index is 0. The minimum atomic E-state index is -3.65. The number of sulfonamides is 1. The van der Waals surface area contributed by atoms with Crippen molar-refractivity contribution >= 4 is 28.3 Å². The fourth-order valence-electron chi connectivity index (χ4n) is 2.49. The summed E-state index contributed by atoms with van der Waals surface area (Å²) in [7, 11) is -3.65. The van der Waals surface area contributed by atoms with Gasteiger partial charge in [0.2, 0.25) is 10.0 Å². The summed E-state index contributed by atoms with van der Waals surface area (Å²) in [6.07, 6.45) is 1.49. The molecule has 136 valence electrons. The number of furan rings is 1. The number of hydrogen-bond donors (Lipinski definition) is 2. The second-order valence-corrected chi connectivity index (χ2v) is 7.24. The van der Waals surface area contributed by atoms with Gasteiger partial charge in [0.25, 0.3) is 5.91 Å². The fourth-order valence-corrected chi connectivity index (χ4v) is 3.48. The van der Waals surface area contributed by atoms with Crippen molar-refractivity contribution in [2.45, 2.75) is 11.4 Å². The lowest BCUT2D eigenvalue weighted by molar-refractivity contribution is 0.0735. The molecule has 25 heavy (non-hydrogen) atoms. The normalized spacial score (nSPS) is 14.8. The molecule has 2 aromatic rings. The molecule has 0 spiro atoms. The maximum atomic E-state index is 12.4. The summed E-state index contributed by atoms with van der Waals surface area (Å²) in [6.45, 7) is 2.94. The minimum Gasteiger partial charge on any atom is -0.468 e. The van der Waals surface area contributed by atoms with Crippen LogP contribution in [0.4, 0.5) is 0 Å². The van der Waals surface area contributed by atoms with Crippen molar-refractivity contribution < 1.29 is 17.6 Å². The average molecular weight is 386 g/mol. The molecular weight excluding hydrogens is 366 g/mol. The molecule has 9 heteroatoms. The maximum absolute atomic E-state index is 12.4. The van der Waals surface area contributed by atoms with Crippen LogP contribution in [0.25, 0.3) is 0 Å². The molecule has 1 aromatic heterocycles. The summed E-state index contributed by atoms with van der Waals surface area (Å²) < 4.78 is 32.1. The van der Waals surface area contributed by atoms with Crippen LogP contribution in [0, 0.1) is 0 Å². The van der Waals surface area contributed by atoms with Crippen LogP contribution in [0.3, 0.4) is 0 Å². The Bertz CT molecular complexity index is 785. The van der Waals surface area contributed by atoms with Crippen LogP contribution >= 0.6 is 12.4 Å². The molecule has 0 atom stereocenters. The number of hydrogen-bond acceptors (Lipinski definition) is 5. The van der Waals surface area contributed by atoms with Gasteiger partial charge in [0.15, 0.2) is 0 Å². The first-order valence-electron chi connectivity index (χ1n) is 7.68. The molecule has 2 heterocycles. The van der Waals surface area contributed by atoms with E-state index in [1.165, 1.54) is 18.4 Å². The number of nitrogens with zero attached hydrogens (tertiary/aromatic N) is 1. The van der Waals surface area contributed by atoms with Gasteiger partial charge in [0.05, 0.1) is 17.7 Å². The zero-order valence-electron chi connectivity index (χ0n) is 13.5. The Hall–Kier alpha value is -1.87. The van der Waals surface area contributed by atoms with Crippen molar-refractivity contribution in [1.29, 1.82) is 0 Å². The van der Waals surface area contributed by atoms with E-state index in [1.807, 2.05) is 0 Å². The van der Waals surface area contributed by atoms with Crippen LogP contribution in [0.2, 0.25) is 0 Å². The Morgan fingerprint density at radius 1 is 1.16 bits per heavy atom. The Morgan fingerprint density at radius 2 is 1.84 bits per heavy atom. The summed E-state index contributed by atoms with van der Waals surface area (Å²) in [6, 6.07) is 9.37. The van der Waals surface area contributed by atoms with Crippen molar-refractivity contribution in [2.75, 3.05) is 26.2 Å². The first-order valence-corrected chi connectivity index (χ1v) is 9.17. The molecule has 1 fully saturated rings. The van der Waals surface area contributed by atoms with E-state index in [1.54, 1.807) is 29.2 Å². The SMILES string of the molecule is Cl.O=C(c1ccc(S(=O)(=O)NCc2ccco2)cc1)N1CCNCC1. The number of carbonyl (C=O) groups excluding carboxylic acids is 1. The Morgan fingerprint density at radius 3 is 2.44 bits per heavy atom. The van der Waals surface area contributed by atoms with Crippen molar-refractivity contribution in [3.8, 4) is 0 Å². The van der Waals surface area contributed by atoms with Gasteiger partial charge in [-0.15, -0.1) is 12.4 Å². The van der Waals surface area contributed by atoms with Gasteiger partial charge in [-0.25, -0.2) is 13.1 Å². The van der Waals surface area contributed by atoms with Crippen LogP contribution in [-0.4, -0.2) is 45.4 Å². The van der Waals surface area contributed by atoms with Gasteiger partial charge >= 0.3 is 0 Å². The van der Waals surface area contributed by atoms with Crippen molar-refractivity contribution in [3.63, 3.8) is 0 Å². The molecule has 3 rings (SSSR count). The molecule has 0 unspecified atom stereocenters. The van der Waals surface area contributed by atoms with Crippen molar-refractivity contribution in [3.05, 3.63) is 54.0 Å². The Balaban J connectivity index is 0.00000225. The second-order valence-electron chi connectivity index (χ2n) is 5.47. The summed E-state index contributed by atoms with van der Waals surface area (Å²) in [5, 5.41) is 3.19. The van der Waals surface area contributed by atoms with Crippen LogP contribution in [0.5, 0.6) is 0 Å². The number of amides is 1. The zero-order valence-corrected chi connectivity index (χ0v) is 15.1. The third-order valence-corrected chi connectivity index (χ3v) is 5.25. The van der Waals surface area contributed by atoms with E-state index in [4.69, 9.17) is 4.42 Å². The van der Waals surface area contributed by atoms with Crippen molar-refractivity contribution in [2.24, 2.45) is 0 Å². The number of benzene rings is 1. The van der Waals surface area contributed by atoms with E-state index in [0.717, 1.165) is 13.1 Å². The highest BCUT2D eigenvalue weighted by molar-refractivity contribution is 7.89. The Labute approximate surface area is 152 Å². The summed E-state index contributed by atoms with van der Waals surface area (Å²) >= 11 is 0. The van der Waals surface area contributed by atoms with Crippen molar-refractivity contribution in [1.82, 2.24) is 14.9 Å². The molecule has 0 radical (unpaired) electrons. The zero-order chi connectivity index (χ0) is 17.0. The van der Waals surface area contributed by atoms with E-state index in [-0.39, 0.29) is 29.8 Å². The topological polar surface area (TPSA) is 91.6 Å². The van der Waals surface area contributed by atoms with E-state index >= 15 is 0 Å². The highest BCUT2D eigenvalue weighted by Gasteiger charge is 2.19. The highest BCUT2D eigenvalue weighted by Crippen LogP contribution is 2.13. The smallest absolute Gasteiger partial charge is 0.253 e. The monoisotopic (exact) mass is 385 g/mol. The molecule has 0 saturated carbocycles. The molecule has 1 aliphatic heterocycles. The summed E-state index contributed by atoms with van der Waals surface area (Å²) in [5.74, 6) is 0.452. The van der Waals surface area contributed by atoms with Gasteiger partial charge in [0, 0.05) is 31.7 Å². The van der Waals surface area contributed by atoms with Crippen LogP contribution < -0.4 is 10.0 Å². The van der Waals surface area contributed by atoms with E-state index in [0.29, 0.717) is 24.4 Å². The molecule has 1 aromatic carbocycles. The van der Waals surface area contributed by atoms with Crippen LogP contribution in [0.15, 0.2) is 52.0 Å². The molecule has 1 amide bonds. The highest BCUT2D eigenvalue weighted by atomic mass is 35.5. The van der Waals surface area contributed by atoms with Gasteiger partial charge < -0.3 is 14.6 Å². The van der Waals surface area contributed by atoms with E-state index in [2.05, 4.69) is 10.0 Å². The van der Waals surface area contributed by atoms with Gasteiger partial charge in [-0.2, -0.15) is 0 Å². The summed E-state index contributed by atoms with van der Waals surface area (Å²) in [4.78, 5) is 14.2. The lowest BCUT2D eigenvalue weighted by Gasteiger charge is -2.27. The molecular formula is C16H20ClN3O4S. The third kappa shape index (κ3) is 4.82. The molecule has 0 aliphatic carbocycles.